The molecule has 0 aromatic carbocycles. The second kappa shape index (κ2) is 9.76. The molecule has 0 spiro atoms. The Balaban J connectivity index is 2.44. The highest BCUT2D eigenvalue weighted by Gasteiger charge is 2.29. The molecule has 1 fully saturated rings. The van der Waals surface area contributed by atoms with Crippen LogP contribution in [-0.4, -0.2) is 32.6 Å². The van der Waals surface area contributed by atoms with E-state index in [1.165, 1.54) is 57.8 Å². The Labute approximate surface area is 122 Å². The van der Waals surface area contributed by atoms with Crippen molar-refractivity contribution in [2.75, 3.05) is 19.6 Å². The maximum absolute atomic E-state index is 2.69. The van der Waals surface area contributed by atoms with E-state index in [2.05, 4.69) is 37.8 Å². The number of rotatable bonds is 10. The Bertz CT molecular complexity index is 238. The summed E-state index contributed by atoms with van der Waals surface area (Å²) < 4.78 is 0. The van der Waals surface area contributed by atoms with Gasteiger partial charge in [-0.1, -0.05) is 57.0 Å². The van der Waals surface area contributed by atoms with Crippen molar-refractivity contribution in [3.63, 3.8) is 0 Å². The summed E-state index contributed by atoms with van der Waals surface area (Å²) in [5.74, 6) is 0. The van der Waals surface area contributed by atoms with Crippen LogP contribution < -0.4 is 0 Å². The minimum Gasteiger partial charge on any atom is -0.303 e. The highest BCUT2D eigenvalue weighted by molar-refractivity contribution is 6.80. The summed E-state index contributed by atoms with van der Waals surface area (Å²) in [6, 6.07) is 6.09. The molecule has 1 heterocycles. The van der Waals surface area contributed by atoms with Crippen molar-refractivity contribution in [3.8, 4) is 0 Å². The second-order valence-electron chi connectivity index (χ2n) is 6.43. The van der Waals surface area contributed by atoms with Crippen LogP contribution in [0.1, 0.15) is 52.9 Å². The van der Waals surface area contributed by atoms with Gasteiger partial charge >= 0.3 is 0 Å². The molecule has 0 saturated carbocycles. The van der Waals surface area contributed by atoms with Crippen LogP contribution >= 0.6 is 0 Å². The molecular weight excluding hydrogens is 246 g/mol. The molecule has 1 nitrogen and oxygen atoms in total. The van der Waals surface area contributed by atoms with Gasteiger partial charge in [-0.2, -0.15) is 0 Å². The van der Waals surface area contributed by atoms with Gasteiger partial charge in [-0.05, 0) is 51.9 Å². The molecule has 1 aliphatic heterocycles. The molecule has 0 amide bonds. The Hall–Kier alpha value is -0.0831. The molecular formula is C17H35NSi. The van der Waals surface area contributed by atoms with Crippen molar-refractivity contribution in [1.82, 2.24) is 4.90 Å². The fourth-order valence-electron chi connectivity index (χ4n) is 3.79. The van der Waals surface area contributed by atoms with Gasteiger partial charge in [-0.3, -0.25) is 0 Å². The van der Waals surface area contributed by atoms with E-state index >= 15 is 0 Å². The predicted molar refractivity (Wildman–Crippen MR) is 90.7 cm³/mol. The summed E-state index contributed by atoms with van der Waals surface area (Å²) in [6.45, 7) is 11.1. The van der Waals surface area contributed by atoms with Crippen LogP contribution in [0.4, 0.5) is 0 Å². The summed E-state index contributed by atoms with van der Waals surface area (Å²) >= 11 is 0. The topological polar surface area (TPSA) is 3.24 Å². The summed E-state index contributed by atoms with van der Waals surface area (Å²) in [7, 11) is -1.00. The van der Waals surface area contributed by atoms with Gasteiger partial charge in [0.2, 0.25) is 0 Å². The molecule has 112 valence electrons. The molecule has 0 aromatic rings. The van der Waals surface area contributed by atoms with Crippen LogP contribution in [0.5, 0.6) is 0 Å². The normalized spacial score (nSPS) is 17.6. The lowest BCUT2D eigenvalue weighted by Gasteiger charge is -2.31. The zero-order chi connectivity index (χ0) is 14.0. The lowest BCUT2D eigenvalue weighted by atomic mass is 10.4. The Kier molecular flexibility index (Phi) is 8.72. The highest BCUT2D eigenvalue weighted by Crippen LogP contribution is 2.31. The van der Waals surface area contributed by atoms with Gasteiger partial charge in [-0.25, -0.2) is 0 Å². The third-order valence-corrected chi connectivity index (χ3v) is 10.4. The molecule has 19 heavy (non-hydrogen) atoms. The molecule has 1 rings (SSSR count). The van der Waals surface area contributed by atoms with E-state index in [0.29, 0.717) is 0 Å². The smallest absolute Gasteiger partial charge is 0.0573 e. The third-order valence-electron chi connectivity index (χ3n) is 4.73. The van der Waals surface area contributed by atoms with E-state index in [9.17, 15) is 0 Å². The first-order chi connectivity index (χ1) is 9.26. The molecule has 1 aliphatic rings. The molecule has 0 unspecified atom stereocenters. The fraction of sp³-hybridized carbons (Fsp3) is 0.882. The van der Waals surface area contributed by atoms with E-state index in [0.717, 1.165) is 0 Å². The minimum absolute atomic E-state index is 1.00. The highest BCUT2D eigenvalue weighted by atomic mass is 28.3. The fourth-order valence-corrected chi connectivity index (χ4v) is 8.92. The standard InChI is InChI=1S/C17H35NSi/c1-4-7-16-19(14-5-2,15-6-3)17-10-13-18-11-8-9-12-18/h4,7H,5-6,8-17H2,1-3H3/b7-4+. The number of nitrogens with zero attached hydrogens (tertiary/aromatic N) is 1. The van der Waals surface area contributed by atoms with E-state index in [1.54, 1.807) is 18.1 Å². The number of hydrogen-bond acceptors (Lipinski definition) is 1. The zero-order valence-corrected chi connectivity index (χ0v) is 14.6. The van der Waals surface area contributed by atoms with Gasteiger partial charge in [0.05, 0.1) is 8.07 Å². The van der Waals surface area contributed by atoms with Gasteiger partial charge in [0.1, 0.15) is 0 Å². The van der Waals surface area contributed by atoms with Crippen LogP contribution in [0.15, 0.2) is 12.2 Å². The molecule has 2 heteroatoms. The molecule has 0 aliphatic carbocycles. The number of hydrogen-bond donors (Lipinski definition) is 0. The Morgan fingerprint density at radius 2 is 1.63 bits per heavy atom. The van der Waals surface area contributed by atoms with Gasteiger partial charge in [0, 0.05) is 0 Å². The van der Waals surface area contributed by atoms with Crippen molar-refractivity contribution in [2.45, 2.75) is 77.1 Å². The SMILES string of the molecule is C/C=C/C[Si](CCC)(CCC)CCCN1CCCC1. The number of allylic oxidation sites excluding steroid dienone is 2. The van der Waals surface area contributed by atoms with Crippen LogP contribution in [0, 0.1) is 0 Å². The van der Waals surface area contributed by atoms with Crippen molar-refractivity contribution < 1.29 is 0 Å². The molecule has 0 bridgehead atoms. The first-order valence-corrected chi connectivity index (χ1v) is 11.4. The maximum Gasteiger partial charge on any atom is 0.0573 e. The molecule has 0 N–H and O–H groups in total. The quantitative estimate of drug-likeness (QED) is 0.387. The maximum atomic E-state index is 2.69. The summed E-state index contributed by atoms with van der Waals surface area (Å²) in [4.78, 5) is 2.69. The number of likely N-dealkylation sites (tertiary alicyclic amines) is 1. The van der Waals surface area contributed by atoms with Gasteiger partial charge in [-0.15, -0.1) is 0 Å². The third kappa shape index (κ3) is 6.27. The molecule has 0 radical (unpaired) electrons. The van der Waals surface area contributed by atoms with E-state index in [-0.39, 0.29) is 0 Å². The lowest BCUT2D eigenvalue weighted by Crippen LogP contribution is -2.34. The van der Waals surface area contributed by atoms with Crippen molar-refractivity contribution in [2.24, 2.45) is 0 Å². The zero-order valence-electron chi connectivity index (χ0n) is 13.6. The molecule has 0 atom stereocenters. The molecule has 1 saturated heterocycles. The first kappa shape index (κ1) is 17.0. The monoisotopic (exact) mass is 281 g/mol. The largest absolute Gasteiger partial charge is 0.303 e. The van der Waals surface area contributed by atoms with Gasteiger partial charge in [0.25, 0.3) is 0 Å². The summed E-state index contributed by atoms with van der Waals surface area (Å²) in [6.07, 6.45) is 11.9. The predicted octanol–water partition coefficient (Wildman–Crippen LogP) is 5.32. The van der Waals surface area contributed by atoms with Crippen LogP contribution in [0.25, 0.3) is 0 Å². The average Bonchev–Trinajstić information content (AvgIpc) is 2.90. The van der Waals surface area contributed by atoms with Gasteiger partial charge in [0.15, 0.2) is 0 Å². The minimum atomic E-state index is -1.00. The Morgan fingerprint density at radius 1 is 1.00 bits per heavy atom. The Morgan fingerprint density at radius 3 is 2.16 bits per heavy atom. The van der Waals surface area contributed by atoms with Crippen molar-refractivity contribution in [1.29, 1.82) is 0 Å². The summed E-state index contributed by atoms with van der Waals surface area (Å²) in [5, 5.41) is 0. The van der Waals surface area contributed by atoms with Crippen molar-refractivity contribution >= 4 is 8.07 Å². The van der Waals surface area contributed by atoms with Crippen LogP contribution in [0.2, 0.25) is 24.2 Å². The van der Waals surface area contributed by atoms with Crippen molar-refractivity contribution in [3.05, 3.63) is 12.2 Å². The van der Waals surface area contributed by atoms with Gasteiger partial charge < -0.3 is 4.90 Å². The lowest BCUT2D eigenvalue weighted by molar-refractivity contribution is 0.339. The second-order valence-corrected chi connectivity index (χ2v) is 11.3. The van der Waals surface area contributed by atoms with E-state index in [4.69, 9.17) is 0 Å². The first-order valence-electron chi connectivity index (χ1n) is 8.60. The van der Waals surface area contributed by atoms with Crippen LogP contribution in [-0.2, 0) is 0 Å². The van der Waals surface area contributed by atoms with E-state index in [1.807, 2.05) is 0 Å². The van der Waals surface area contributed by atoms with Crippen LogP contribution in [0.3, 0.4) is 0 Å². The van der Waals surface area contributed by atoms with E-state index < -0.39 is 8.07 Å². The average molecular weight is 282 g/mol. The summed E-state index contributed by atoms with van der Waals surface area (Å²) in [5.41, 5.74) is 0. The molecule has 0 aromatic heterocycles.